The second kappa shape index (κ2) is 50.5. The van der Waals surface area contributed by atoms with Crippen LogP contribution in [0.4, 0.5) is 0 Å². The van der Waals surface area contributed by atoms with Crippen LogP contribution in [0.1, 0.15) is 226 Å². The number of ether oxygens (including phenoxy) is 1. The second-order valence-electron chi connectivity index (χ2n) is 20.1. The monoisotopic (exact) mass is 1010 g/mol. The minimum absolute atomic E-state index is 0.0203. The molecule has 1 amide bonds. The van der Waals surface area contributed by atoms with E-state index in [0.29, 0.717) is 23.9 Å². The Labute approximate surface area is 437 Å². The summed E-state index contributed by atoms with van der Waals surface area (Å²) in [7, 11) is 1.43. The maximum atomic E-state index is 13.5. The summed E-state index contributed by atoms with van der Waals surface area (Å²) >= 11 is 0. The van der Waals surface area contributed by atoms with E-state index < -0.39 is 20.0 Å². The largest absolute Gasteiger partial charge is 0.472 e. The Morgan fingerprint density at radius 1 is 0.507 bits per heavy atom. The highest BCUT2D eigenvalue weighted by Gasteiger charge is 2.30. The first-order chi connectivity index (χ1) is 34.4. The van der Waals surface area contributed by atoms with Crippen molar-refractivity contribution in [3.8, 4) is 0 Å². The Balaban J connectivity index is 5.50. The van der Waals surface area contributed by atoms with Gasteiger partial charge in [-0.1, -0.05) is 215 Å². The number of rotatable bonds is 50. The zero-order valence-corrected chi connectivity index (χ0v) is 47.3. The van der Waals surface area contributed by atoms with E-state index in [1.165, 1.54) is 96.3 Å². The summed E-state index contributed by atoms with van der Waals surface area (Å²) in [6.07, 6.45) is 67.1. The predicted octanol–water partition coefficient (Wildman–Crippen LogP) is 17.2. The number of hydrogen-bond acceptors (Lipinski definition) is 6. The molecule has 0 rings (SSSR count). The fourth-order valence-corrected chi connectivity index (χ4v) is 8.34. The molecule has 0 aliphatic rings. The number of esters is 1. The van der Waals surface area contributed by atoms with Gasteiger partial charge in [-0.25, -0.2) is 4.57 Å². The van der Waals surface area contributed by atoms with Gasteiger partial charge < -0.3 is 19.4 Å². The molecule has 3 unspecified atom stereocenters. The van der Waals surface area contributed by atoms with Gasteiger partial charge in [0.25, 0.3) is 0 Å². The van der Waals surface area contributed by atoms with Gasteiger partial charge in [0.2, 0.25) is 5.91 Å². The van der Waals surface area contributed by atoms with Crippen LogP contribution >= 0.6 is 7.82 Å². The predicted molar refractivity (Wildman–Crippen MR) is 304 cm³/mol. The molecule has 0 aliphatic heterocycles. The molecule has 9 nitrogen and oxygen atoms in total. The van der Waals surface area contributed by atoms with Crippen LogP contribution < -0.4 is 5.32 Å². The molecule has 0 heterocycles. The highest BCUT2D eigenvalue weighted by Crippen LogP contribution is 2.43. The molecule has 0 aromatic rings. The van der Waals surface area contributed by atoms with Crippen LogP contribution in [-0.2, 0) is 27.9 Å². The van der Waals surface area contributed by atoms with Crippen molar-refractivity contribution in [3.63, 3.8) is 0 Å². The summed E-state index contributed by atoms with van der Waals surface area (Å²) in [5.41, 5.74) is 0. The minimum Gasteiger partial charge on any atom is -0.456 e. The van der Waals surface area contributed by atoms with Crippen molar-refractivity contribution in [2.24, 2.45) is 0 Å². The summed E-state index contributed by atoms with van der Waals surface area (Å²) in [6.45, 7) is 6.80. The smallest absolute Gasteiger partial charge is 0.456 e. The number of likely N-dealkylation sites (N-methyl/N-ethyl adjacent to an activating group) is 1. The zero-order valence-electron chi connectivity index (χ0n) is 46.4. The molecular formula is C61H108N2O7P+. The third kappa shape index (κ3) is 51.6. The number of allylic oxidation sites excluding steroid dienone is 15. The van der Waals surface area contributed by atoms with Gasteiger partial charge in [-0.2, -0.15) is 0 Å². The minimum atomic E-state index is -4.47. The third-order valence-electron chi connectivity index (χ3n) is 12.0. The van der Waals surface area contributed by atoms with E-state index in [1.54, 1.807) is 0 Å². The van der Waals surface area contributed by atoms with Crippen molar-refractivity contribution in [1.82, 2.24) is 5.32 Å². The molecule has 0 fully saturated rings. The van der Waals surface area contributed by atoms with E-state index in [0.717, 1.165) is 83.5 Å². The lowest BCUT2D eigenvalue weighted by atomic mass is 10.1. The van der Waals surface area contributed by atoms with Crippen LogP contribution in [-0.4, -0.2) is 74.3 Å². The number of carbonyl (C=O) groups is 2. The maximum absolute atomic E-state index is 13.5. The maximum Gasteiger partial charge on any atom is 0.472 e. The van der Waals surface area contributed by atoms with E-state index >= 15 is 0 Å². The van der Waals surface area contributed by atoms with Crippen LogP contribution in [0.3, 0.4) is 0 Å². The number of quaternary nitrogens is 1. The molecule has 0 aromatic heterocycles. The van der Waals surface area contributed by atoms with Crippen LogP contribution in [0, 0.1) is 0 Å². The van der Waals surface area contributed by atoms with E-state index in [9.17, 15) is 19.0 Å². The second-order valence-corrected chi connectivity index (χ2v) is 21.5. The summed E-state index contributed by atoms with van der Waals surface area (Å²) in [4.78, 5) is 37.5. The van der Waals surface area contributed by atoms with Crippen LogP contribution in [0.5, 0.6) is 0 Å². The molecule has 0 saturated carbocycles. The third-order valence-corrected chi connectivity index (χ3v) is 13.0. The number of nitrogens with zero attached hydrogens (tertiary/aromatic N) is 1. The first-order valence-electron chi connectivity index (χ1n) is 28.6. The van der Waals surface area contributed by atoms with Gasteiger partial charge in [-0.05, 0) is 96.0 Å². The number of nitrogens with one attached hydrogen (secondary N) is 1. The van der Waals surface area contributed by atoms with Crippen molar-refractivity contribution in [2.45, 2.75) is 238 Å². The van der Waals surface area contributed by atoms with Gasteiger partial charge >= 0.3 is 13.8 Å². The molecule has 0 spiro atoms. The van der Waals surface area contributed by atoms with Crippen LogP contribution in [0.2, 0.25) is 0 Å². The molecule has 2 N–H and O–H groups in total. The lowest BCUT2D eigenvalue weighted by Gasteiger charge is -2.27. The normalized spacial score (nSPS) is 14.5. The number of amides is 1. The van der Waals surface area contributed by atoms with Gasteiger partial charge in [0.05, 0.1) is 33.8 Å². The molecular weight excluding hydrogens is 904 g/mol. The molecule has 408 valence electrons. The van der Waals surface area contributed by atoms with Gasteiger partial charge in [-0.15, -0.1) is 0 Å². The average Bonchev–Trinajstić information content (AvgIpc) is 3.33. The molecule has 0 aliphatic carbocycles. The zero-order chi connectivity index (χ0) is 52.2. The molecule has 3 atom stereocenters. The fourth-order valence-electron chi connectivity index (χ4n) is 7.60. The number of unbranched alkanes of at least 4 members (excludes halogenated alkanes) is 20. The summed E-state index contributed by atoms with van der Waals surface area (Å²) in [5.74, 6) is -0.627. The summed E-state index contributed by atoms with van der Waals surface area (Å²) in [6, 6.07) is -0.898. The molecule has 0 bridgehead atoms. The van der Waals surface area contributed by atoms with Crippen molar-refractivity contribution < 1.29 is 37.3 Å². The highest BCUT2D eigenvalue weighted by molar-refractivity contribution is 7.47. The van der Waals surface area contributed by atoms with Crippen molar-refractivity contribution >= 4 is 19.7 Å². The first-order valence-corrected chi connectivity index (χ1v) is 30.1. The van der Waals surface area contributed by atoms with E-state index in [4.69, 9.17) is 13.8 Å². The van der Waals surface area contributed by atoms with Gasteiger partial charge in [0, 0.05) is 12.8 Å². The molecule has 0 aromatic carbocycles. The Bertz CT molecular complexity index is 1540. The number of hydrogen-bond donors (Lipinski definition) is 2. The lowest BCUT2D eigenvalue weighted by Crippen LogP contribution is -2.47. The van der Waals surface area contributed by atoms with E-state index in [2.05, 4.69) is 99.0 Å². The Hall–Kier alpha value is -3.07. The Morgan fingerprint density at radius 2 is 0.915 bits per heavy atom. The van der Waals surface area contributed by atoms with Crippen molar-refractivity contribution in [3.05, 3.63) is 97.2 Å². The van der Waals surface area contributed by atoms with Gasteiger partial charge in [-0.3, -0.25) is 18.6 Å². The van der Waals surface area contributed by atoms with E-state index in [-0.39, 0.29) is 37.9 Å². The van der Waals surface area contributed by atoms with Crippen molar-refractivity contribution in [2.75, 3.05) is 40.9 Å². The van der Waals surface area contributed by atoms with Gasteiger partial charge in [0.1, 0.15) is 19.3 Å². The quantitative estimate of drug-likeness (QED) is 0.0205. The van der Waals surface area contributed by atoms with Gasteiger partial charge in [0.15, 0.2) is 0 Å². The Morgan fingerprint density at radius 3 is 1.38 bits per heavy atom. The number of phosphoric acid groups is 1. The molecule has 10 heteroatoms. The van der Waals surface area contributed by atoms with Crippen LogP contribution in [0.25, 0.3) is 0 Å². The fraction of sp³-hybridized carbons (Fsp3) is 0.705. The van der Waals surface area contributed by atoms with E-state index in [1.807, 2.05) is 45.4 Å². The Kier molecular flexibility index (Phi) is 48.3. The summed E-state index contributed by atoms with van der Waals surface area (Å²) < 4.78 is 30.5. The SMILES string of the molecule is CC/C=C\C/C=C\C/C=C\C/C=C\C/C=C\C/C=C\CCC(=O)NC(COP(=O)(O)OCC[N+](C)(C)C)C(/C=C\CCCCCCCCCCCC)OC(=O)CCCCC/C=C\CCCCCCCCC. The van der Waals surface area contributed by atoms with Crippen LogP contribution in [0.15, 0.2) is 97.2 Å². The lowest BCUT2D eigenvalue weighted by molar-refractivity contribution is -0.870. The number of phosphoric ester groups is 1. The summed E-state index contributed by atoms with van der Waals surface area (Å²) in [5, 5.41) is 2.99. The average molecular weight is 1010 g/mol. The number of carbonyl (C=O) groups excluding carboxylic acids is 2. The van der Waals surface area contributed by atoms with Crippen molar-refractivity contribution in [1.29, 1.82) is 0 Å². The molecule has 71 heavy (non-hydrogen) atoms. The molecule has 0 radical (unpaired) electrons. The topological polar surface area (TPSA) is 111 Å². The highest BCUT2D eigenvalue weighted by atomic mass is 31.2. The first kappa shape index (κ1) is 67.9. The molecule has 0 saturated heterocycles. The standard InChI is InChI=1S/C61H107N2O7P/c1-7-10-13-16-19-22-25-28-30-31-32-33-34-35-38-41-44-47-50-53-60(64)62-58(57-69-71(66,67)68-56-55-63(4,5)6)59(52-49-46-43-40-37-27-24-21-18-15-12-9-3)70-61(65)54-51-48-45-42-39-36-29-26-23-20-17-14-11-8-2/h10,13,19,22,28,30,32-33,35-36,38-39,44,47,49,52,58-59H,7-9,11-12,14-18,20-21,23-27,29,31,34,37,40-43,45-46,48,50-51,53-57H2,1-6H3,(H-,62,64,66,67)/p+1/b13-10-,22-19-,30-28-,33-32-,38-35-,39-36-,47-44-,52-49-.